The number of para-hydroxylation sites is 1. The Morgan fingerprint density at radius 3 is 2.67 bits per heavy atom. The molecule has 1 aliphatic rings. The van der Waals surface area contributed by atoms with Crippen LogP contribution in [0.1, 0.15) is 26.3 Å². The average Bonchev–Trinajstić information content (AvgIpc) is 2.44. The number of fused-ring (bicyclic) bond motifs is 1. The van der Waals surface area contributed by atoms with E-state index in [9.17, 15) is 9.18 Å². The van der Waals surface area contributed by atoms with Crippen molar-refractivity contribution in [3.05, 3.63) is 29.6 Å². The molecule has 0 unspecified atom stereocenters. The molecule has 80 valence electrons. The van der Waals surface area contributed by atoms with Crippen LogP contribution in [0.15, 0.2) is 18.2 Å². The van der Waals surface area contributed by atoms with Crippen LogP contribution in [0.4, 0.5) is 10.1 Å². The quantitative estimate of drug-likeness (QED) is 0.753. The summed E-state index contributed by atoms with van der Waals surface area (Å²) in [6, 6.07) is 4.83. The number of halogens is 1. The number of carbonyl (C=O) groups is 1. The Hall–Kier alpha value is -1.38. The third-order valence-corrected chi connectivity index (χ3v) is 3.44. The number of rotatable bonds is 1. The van der Waals surface area contributed by atoms with E-state index in [1.165, 1.54) is 6.07 Å². The van der Waals surface area contributed by atoms with E-state index in [0.717, 1.165) is 5.56 Å². The number of amides is 1. The molecule has 0 bridgehead atoms. The first-order chi connectivity index (χ1) is 6.98. The third kappa shape index (κ3) is 1.19. The molecule has 1 N–H and O–H groups in total. The minimum atomic E-state index is -0.614. The first-order valence-corrected chi connectivity index (χ1v) is 5.08. The number of nitrogens with one attached hydrogen (secondary N) is 1. The summed E-state index contributed by atoms with van der Waals surface area (Å²) in [7, 11) is 0. The van der Waals surface area contributed by atoms with Crippen molar-refractivity contribution in [2.45, 2.75) is 26.2 Å². The maximum atomic E-state index is 13.5. The van der Waals surface area contributed by atoms with E-state index in [0.29, 0.717) is 5.69 Å². The van der Waals surface area contributed by atoms with Crippen LogP contribution in [-0.4, -0.2) is 5.91 Å². The van der Waals surface area contributed by atoms with Crippen molar-refractivity contribution in [2.24, 2.45) is 5.92 Å². The molecule has 1 atom stereocenters. The molecule has 1 aromatic carbocycles. The lowest BCUT2D eigenvalue weighted by Crippen LogP contribution is -2.36. The lowest BCUT2D eigenvalue weighted by molar-refractivity contribution is -0.121. The van der Waals surface area contributed by atoms with Crippen molar-refractivity contribution >= 4 is 11.6 Å². The number of benzene rings is 1. The predicted molar refractivity (Wildman–Crippen MR) is 57.2 cm³/mol. The largest absolute Gasteiger partial charge is 0.323 e. The lowest BCUT2D eigenvalue weighted by Gasteiger charge is -2.26. The van der Waals surface area contributed by atoms with Gasteiger partial charge in [-0.05, 0) is 24.5 Å². The summed E-state index contributed by atoms with van der Waals surface area (Å²) < 4.78 is 13.5. The molecule has 0 aliphatic carbocycles. The zero-order valence-corrected chi connectivity index (χ0v) is 9.10. The molecule has 1 amide bonds. The smallest absolute Gasteiger partial charge is 0.235 e. The van der Waals surface area contributed by atoms with Gasteiger partial charge in [-0.25, -0.2) is 4.39 Å². The van der Waals surface area contributed by atoms with Gasteiger partial charge in [0.2, 0.25) is 5.91 Å². The van der Waals surface area contributed by atoms with Crippen LogP contribution in [0.25, 0.3) is 0 Å². The molecule has 1 aliphatic heterocycles. The third-order valence-electron chi connectivity index (χ3n) is 3.44. The van der Waals surface area contributed by atoms with Gasteiger partial charge in [-0.15, -0.1) is 0 Å². The highest BCUT2D eigenvalue weighted by Gasteiger charge is 2.45. The Bertz CT molecular complexity index is 428. The molecule has 0 fully saturated rings. The standard InChI is InChI=1S/C12H14FNO/c1-7(2)12(3)8-5-4-6-9(13)10(8)14-11(12)15/h4-7H,1-3H3,(H,14,15)/t12-/m1/s1. The van der Waals surface area contributed by atoms with E-state index in [1.54, 1.807) is 6.07 Å². The summed E-state index contributed by atoms with van der Waals surface area (Å²) in [6.07, 6.45) is 0. The summed E-state index contributed by atoms with van der Waals surface area (Å²) >= 11 is 0. The second kappa shape index (κ2) is 3.05. The number of carbonyl (C=O) groups excluding carboxylic acids is 1. The maximum Gasteiger partial charge on any atom is 0.235 e. The molecule has 0 spiro atoms. The van der Waals surface area contributed by atoms with Crippen molar-refractivity contribution < 1.29 is 9.18 Å². The normalized spacial score (nSPS) is 24.2. The van der Waals surface area contributed by atoms with Crippen molar-refractivity contribution in [1.82, 2.24) is 0 Å². The highest BCUT2D eigenvalue weighted by Crippen LogP contribution is 2.43. The van der Waals surface area contributed by atoms with Gasteiger partial charge >= 0.3 is 0 Å². The van der Waals surface area contributed by atoms with E-state index in [4.69, 9.17) is 0 Å². The van der Waals surface area contributed by atoms with Crippen LogP contribution in [0.5, 0.6) is 0 Å². The minimum Gasteiger partial charge on any atom is -0.323 e. The van der Waals surface area contributed by atoms with Crippen LogP contribution in [0.2, 0.25) is 0 Å². The highest BCUT2D eigenvalue weighted by atomic mass is 19.1. The van der Waals surface area contributed by atoms with Gasteiger partial charge in [0.05, 0.1) is 11.1 Å². The van der Waals surface area contributed by atoms with Crippen molar-refractivity contribution in [1.29, 1.82) is 0 Å². The topological polar surface area (TPSA) is 29.1 Å². The highest BCUT2D eigenvalue weighted by molar-refractivity contribution is 6.06. The SMILES string of the molecule is CC(C)[C@@]1(C)C(=O)Nc2c(F)cccc21. The van der Waals surface area contributed by atoms with E-state index in [2.05, 4.69) is 5.32 Å². The molecule has 15 heavy (non-hydrogen) atoms. The Balaban J connectivity index is 2.65. The Morgan fingerprint density at radius 2 is 2.07 bits per heavy atom. The number of hydrogen-bond donors (Lipinski definition) is 1. The molecule has 0 saturated heterocycles. The minimum absolute atomic E-state index is 0.113. The average molecular weight is 207 g/mol. The van der Waals surface area contributed by atoms with Crippen LogP contribution in [0.3, 0.4) is 0 Å². The summed E-state index contributed by atoms with van der Waals surface area (Å²) in [6.45, 7) is 5.80. The van der Waals surface area contributed by atoms with Gasteiger partial charge in [0.15, 0.2) is 0 Å². The Labute approximate surface area is 88.5 Å². The van der Waals surface area contributed by atoms with E-state index in [1.807, 2.05) is 26.8 Å². The van der Waals surface area contributed by atoms with E-state index in [-0.39, 0.29) is 17.6 Å². The monoisotopic (exact) mass is 207 g/mol. The zero-order valence-electron chi connectivity index (χ0n) is 9.10. The van der Waals surface area contributed by atoms with Gasteiger partial charge in [-0.1, -0.05) is 26.0 Å². The molecule has 1 aromatic rings. The lowest BCUT2D eigenvalue weighted by atomic mass is 9.74. The fourth-order valence-electron chi connectivity index (χ4n) is 2.02. The molecule has 3 heteroatoms. The molecule has 0 radical (unpaired) electrons. The number of hydrogen-bond acceptors (Lipinski definition) is 1. The first-order valence-electron chi connectivity index (χ1n) is 5.08. The molecule has 2 rings (SSSR count). The van der Waals surface area contributed by atoms with Crippen LogP contribution >= 0.6 is 0 Å². The van der Waals surface area contributed by atoms with Crippen molar-refractivity contribution in [3.8, 4) is 0 Å². The van der Waals surface area contributed by atoms with Gasteiger partial charge in [0.1, 0.15) is 5.82 Å². The van der Waals surface area contributed by atoms with Crippen LogP contribution < -0.4 is 5.32 Å². The van der Waals surface area contributed by atoms with Gasteiger partial charge in [0, 0.05) is 0 Å². The Kier molecular flexibility index (Phi) is 2.07. The van der Waals surface area contributed by atoms with Crippen LogP contribution in [-0.2, 0) is 10.2 Å². The molecule has 0 aromatic heterocycles. The van der Waals surface area contributed by atoms with Crippen molar-refractivity contribution in [3.63, 3.8) is 0 Å². The summed E-state index contributed by atoms with van der Waals surface area (Å²) in [5.74, 6) is -0.330. The fraction of sp³-hybridized carbons (Fsp3) is 0.417. The number of anilines is 1. The molecular weight excluding hydrogens is 193 g/mol. The molecular formula is C12H14FNO. The molecule has 2 nitrogen and oxygen atoms in total. The summed E-state index contributed by atoms with van der Waals surface area (Å²) in [5, 5.41) is 2.62. The van der Waals surface area contributed by atoms with Gasteiger partial charge in [0.25, 0.3) is 0 Å². The van der Waals surface area contributed by atoms with Crippen molar-refractivity contribution in [2.75, 3.05) is 5.32 Å². The first kappa shape index (κ1) is 10.1. The summed E-state index contributed by atoms with van der Waals surface area (Å²) in [4.78, 5) is 11.9. The van der Waals surface area contributed by atoms with Gasteiger partial charge in [-0.3, -0.25) is 4.79 Å². The van der Waals surface area contributed by atoms with E-state index >= 15 is 0 Å². The summed E-state index contributed by atoms with van der Waals surface area (Å²) in [5.41, 5.74) is 0.499. The van der Waals surface area contributed by atoms with Gasteiger partial charge in [-0.2, -0.15) is 0 Å². The van der Waals surface area contributed by atoms with E-state index < -0.39 is 5.41 Å². The second-order valence-corrected chi connectivity index (χ2v) is 4.47. The second-order valence-electron chi connectivity index (χ2n) is 4.47. The maximum absolute atomic E-state index is 13.5. The van der Waals surface area contributed by atoms with Gasteiger partial charge < -0.3 is 5.32 Å². The Morgan fingerprint density at radius 1 is 1.40 bits per heavy atom. The van der Waals surface area contributed by atoms with Crippen LogP contribution in [0, 0.1) is 11.7 Å². The zero-order chi connectivity index (χ0) is 11.2. The predicted octanol–water partition coefficient (Wildman–Crippen LogP) is 2.69. The molecule has 0 saturated carbocycles. The molecule has 1 heterocycles. The fourth-order valence-corrected chi connectivity index (χ4v) is 2.02.